The van der Waals surface area contributed by atoms with Crippen LogP contribution in [0.3, 0.4) is 0 Å². The molecular weight excluding hydrogens is 946 g/mol. The normalized spacial score (nSPS) is 24.8. The van der Waals surface area contributed by atoms with Crippen molar-refractivity contribution in [1.82, 2.24) is 0 Å². The van der Waals surface area contributed by atoms with Gasteiger partial charge in [0.25, 0.3) is 0 Å². The van der Waals surface area contributed by atoms with Crippen molar-refractivity contribution in [1.29, 1.82) is 0 Å². The molecule has 0 aromatic carbocycles. The number of epoxide rings is 1. The minimum Gasteiger partial charge on any atom is -0.462 e. The number of esters is 2. The summed E-state index contributed by atoms with van der Waals surface area (Å²) in [6.45, 7) is 2.78. The maximum Gasteiger partial charge on any atom is 0.472 e. The Labute approximate surface area is 414 Å². The van der Waals surface area contributed by atoms with Gasteiger partial charge in [-0.05, 0) is 89.9 Å². The van der Waals surface area contributed by atoms with E-state index in [1.165, 1.54) is 0 Å². The first-order chi connectivity index (χ1) is 33.6. The number of aliphatic hydroxyl groups excluding tert-OH is 4. The zero-order valence-corrected chi connectivity index (χ0v) is 42.6. The summed E-state index contributed by atoms with van der Waals surface area (Å²) in [6, 6.07) is 0. The smallest absolute Gasteiger partial charge is 0.462 e. The molecule has 7 unspecified atom stereocenters. The number of hydrogen-bond donors (Lipinski definition) is 7. The molecule has 1 saturated carbocycles. The van der Waals surface area contributed by atoms with Gasteiger partial charge in [0, 0.05) is 12.8 Å². The van der Waals surface area contributed by atoms with Crippen LogP contribution in [0.15, 0.2) is 109 Å². The van der Waals surface area contributed by atoms with Crippen LogP contribution in [-0.2, 0) is 46.5 Å². The Morgan fingerprint density at radius 3 is 1.51 bits per heavy atom. The molecule has 0 spiro atoms. The summed E-state index contributed by atoms with van der Waals surface area (Å²) in [5, 5.41) is 41.3. The monoisotopic (exact) mass is 1030 g/mol. The number of rotatable bonds is 38. The van der Waals surface area contributed by atoms with Crippen molar-refractivity contribution < 1.29 is 81.6 Å². The predicted octanol–water partition coefficient (Wildman–Crippen LogP) is 8.71. The van der Waals surface area contributed by atoms with E-state index in [-0.39, 0.29) is 12.8 Å². The zero-order valence-electron chi connectivity index (χ0n) is 40.8. The van der Waals surface area contributed by atoms with Gasteiger partial charge in [0.1, 0.15) is 43.2 Å². The highest BCUT2D eigenvalue weighted by molar-refractivity contribution is 7.47. The SMILES string of the molecule is CC/C=C\C/C=C\C/C=C\C/C=C\CCCCCCC(=O)OC[C@H](COP(=O)(O)O[C@H]1C(O)C(O)C(O)[C@@H](OP(=O)(O)O)C1O)OC(=O)CC/C=C\C/C=C\C/C=C\C/C=C\CC1OC1C/C=C\CC. The van der Waals surface area contributed by atoms with Gasteiger partial charge < -0.3 is 49.3 Å². The Morgan fingerprint density at radius 2 is 0.971 bits per heavy atom. The number of phosphoric ester groups is 2. The van der Waals surface area contributed by atoms with Crippen molar-refractivity contribution >= 4 is 27.6 Å². The summed E-state index contributed by atoms with van der Waals surface area (Å²) >= 11 is 0. The molecule has 396 valence electrons. The average Bonchev–Trinajstić information content (AvgIpc) is 4.07. The topological polar surface area (TPSA) is 269 Å². The fourth-order valence-electron chi connectivity index (χ4n) is 6.91. The zero-order chi connectivity index (χ0) is 51.5. The molecule has 19 heteroatoms. The van der Waals surface area contributed by atoms with E-state index < -0.39 is 83.5 Å². The lowest BCUT2D eigenvalue weighted by atomic mass is 9.85. The van der Waals surface area contributed by atoms with E-state index in [0.29, 0.717) is 31.5 Å². The molecule has 0 amide bonds. The second-order valence-corrected chi connectivity index (χ2v) is 19.4. The predicted molar refractivity (Wildman–Crippen MR) is 268 cm³/mol. The van der Waals surface area contributed by atoms with Crippen LogP contribution in [0.5, 0.6) is 0 Å². The molecule has 1 aliphatic carbocycles. The van der Waals surface area contributed by atoms with Crippen LogP contribution in [0.1, 0.15) is 129 Å². The Morgan fingerprint density at radius 1 is 0.514 bits per heavy atom. The van der Waals surface area contributed by atoms with Gasteiger partial charge in [0.15, 0.2) is 6.10 Å². The lowest BCUT2D eigenvalue weighted by molar-refractivity contribution is -0.216. The number of carbonyl (C=O) groups is 2. The molecule has 1 saturated heterocycles. The Hall–Kier alpha value is -3.38. The molecule has 2 aliphatic rings. The molecule has 0 bridgehead atoms. The fraction of sp³-hybridized carbons (Fsp3) is 0.608. The van der Waals surface area contributed by atoms with Crippen LogP contribution >= 0.6 is 15.6 Å². The fourth-order valence-corrected chi connectivity index (χ4v) is 8.45. The Bertz CT molecular complexity index is 1830. The third-order valence-corrected chi connectivity index (χ3v) is 12.3. The van der Waals surface area contributed by atoms with Crippen LogP contribution < -0.4 is 0 Å². The van der Waals surface area contributed by atoms with E-state index in [4.69, 9.17) is 23.3 Å². The van der Waals surface area contributed by atoms with Crippen molar-refractivity contribution in [2.45, 2.75) is 184 Å². The minimum absolute atomic E-state index is 0.0676. The van der Waals surface area contributed by atoms with Gasteiger partial charge in [-0.2, -0.15) is 0 Å². The molecule has 70 heavy (non-hydrogen) atoms. The highest BCUT2D eigenvalue weighted by Gasteiger charge is 2.54. The van der Waals surface area contributed by atoms with Gasteiger partial charge in [-0.25, -0.2) is 9.13 Å². The Balaban J connectivity index is 1.82. The summed E-state index contributed by atoms with van der Waals surface area (Å²) in [6.07, 6.45) is 36.6. The van der Waals surface area contributed by atoms with Crippen LogP contribution in [0.25, 0.3) is 0 Å². The van der Waals surface area contributed by atoms with E-state index in [2.05, 4.69) is 103 Å². The van der Waals surface area contributed by atoms with E-state index in [9.17, 15) is 53.8 Å². The van der Waals surface area contributed by atoms with Gasteiger partial charge in [0.2, 0.25) is 0 Å². The van der Waals surface area contributed by atoms with Gasteiger partial charge in [0.05, 0.1) is 18.8 Å². The first-order valence-corrected chi connectivity index (χ1v) is 27.6. The molecule has 0 aromatic heterocycles. The lowest BCUT2D eigenvalue weighted by Gasteiger charge is -2.43. The maximum atomic E-state index is 13.0. The Kier molecular flexibility index (Phi) is 33.5. The van der Waals surface area contributed by atoms with E-state index in [1.54, 1.807) is 6.08 Å². The van der Waals surface area contributed by atoms with Gasteiger partial charge in [-0.15, -0.1) is 0 Å². The van der Waals surface area contributed by atoms with Gasteiger partial charge in [-0.3, -0.25) is 23.2 Å². The number of phosphoric acid groups is 2. The highest BCUT2D eigenvalue weighted by atomic mass is 31.2. The van der Waals surface area contributed by atoms with Crippen molar-refractivity contribution in [3.05, 3.63) is 109 Å². The molecular formula is C51H80O17P2. The first kappa shape index (κ1) is 62.7. The minimum atomic E-state index is -5.38. The van der Waals surface area contributed by atoms with Crippen molar-refractivity contribution in [2.24, 2.45) is 0 Å². The third-order valence-electron chi connectivity index (χ3n) is 10.8. The number of ether oxygens (including phenoxy) is 3. The van der Waals surface area contributed by atoms with Crippen molar-refractivity contribution in [3.63, 3.8) is 0 Å². The number of aliphatic hydroxyl groups is 4. The molecule has 1 heterocycles. The quantitative estimate of drug-likeness (QED) is 0.0100. The number of unbranched alkanes of at least 4 members (excludes halogenated alkanes) is 4. The lowest BCUT2D eigenvalue weighted by Crippen LogP contribution is -2.64. The highest BCUT2D eigenvalue weighted by Crippen LogP contribution is 2.49. The van der Waals surface area contributed by atoms with Crippen LogP contribution in [0.4, 0.5) is 0 Å². The summed E-state index contributed by atoms with van der Waals surface area (Å²) in [5.41, 5.74) is 0. The van der Waals surface area contributed by atoms with Crippen LogP contribution in [0.2, 0.25) is 0 Å². The van der Waals surface area contributed by atoms with E-state index >= 15 is 0 Å². The summed E-state index contributed by atoms with van der Waals surface area (Å²) < 4.78 is 55.0. The van der Waals surface area contributed by atoms with Gasteiger partial charge in [-0.1, -0.05) is 136 Å². The largest absolute Gasteiger partial charge is 0.472 e. The summed E-state index contributed by atoms with van der Waals surface area (Å²) in [7, 11) is -10.7. The van der Waals surface area contributed by atoms with E-state index in [1.807, 2.05) is 18.2 Å². The van der Waals surface area contributed by atoms with Crippen molar-refractivity contribution in [3.8, 4) is 0 Å². The number of allylic oxidation sites excluding steroid dienone is 16. The number of hydrogen-bond acceptors (Lipinski definition) is 14. The third kappa shape index (κ3) is 30.5. The second-order valence-electron chi connectivity index (χ2n) is 16.8. The molecule has 1 aliphatic heterocycles. The second kappa shape index (κ2) is 37.4. The molecule has 17 nitrogen and oxygen atoms in total. The maximum absolute atomic E-state index is 13.0. The molecule has 10 atom stereocenters. The molecule has 2 fully saturated rings. The molecule has 0 radical (unpaired) electrons. The van der Waals surface area contributed by atoms with Crippen LogP contribution in [-0.4, -0.2) is 115 Å². The molecule has 0 aromatic rings. The van der Waals surface area contributed by atoms with Gasteiger partial charge >= 0.3 is 27.6 Å². The van der Waals surface area contributed by atoms with E-state index in [0.717, 1.165) is 83.5 Å². The summed E-state index contributed by atoms with van der Waals surface area (Å²) in [4.78, 5) is 54.3. The number of carbonyl (C=O) groups excluding carboxylic acids is 2. The standard InChI is InChI=1S/C51H80O17P2/c1-3-5-7-8-9-10-11-12-13-14-15-16-20-23-26-29-33-37-44(52)63-39-41(40-64-70(61,62)68-51-48(56)46(54)47(55)50(49(51)57)67-69(58,59)60)65-45(53)38-34-30-27-24-21-18-17-19-22-25-28-32-36-43-42(66-43)35-31-6-4-2/h5-7,9-10,12-13,15-16,18-19,21-22,27-28,30-32,41-43,46-51,54-57H,3-4,8,11,14,17,20,23-26,29,33-40H2,1-2H3,(H,61,62)(H2,58,59,60)/b7-5-,10-9-,13-12-,16-15-,21-18-,22-19-,30-27-,31-6-,32-28-/t41-,42?,43?,46?,47?,48?,49?,50-,51+/m1/s1. The molecule has 2 rings (SSSR count). The molecule has 7 N–H and O–H groups in total. The average molecular weight is 1030 g/mol. The first-order valence-electron chi connectivity index (χ1n) is 24.6. The van der Waals surface area contributed by atoms with Crippen molar-refractivity contribution in [2.75, 3.05) is 13.2 Å². The summed E-state index contributed by atoms with van der Waals surface area (Å²) in [5.74, 6) is -1.35. The van der Waals surface area contributed by atoms with Crippen LogP contribution in [0, 0.1) is 0 Å².